The van der Waals surface area contributed by atoms with E-state index in [0.29, 0.717) is 17.1 Å². The third kappa shape index (κ3) is 3.30. The van der Waals surface area contributed by atoms with Crippen molar-refractivity contribution in [2.24, 2.45) is 0 Å². The van der Waals surface area contributed by atoms with Crippen molar-refractivity contribution >= 4 is 23.3 Å². The predicted molar refractivity (Wildman–Crippen MR) is 82.9 cm³/mol. The van der Waals surface area contributed by atoms with E-state index in [9.17, 15) is 10.1 Å². The zero-order valence-electron chi connectivity index (χ0n) is 12.1. The molecule has 0 unspecified atom stereocenters. The summed E-state index contributed by atoms with van der Waals surface area (Å²) in [5.41, 5.74) is 0.974. The van der Waals surface area contributed by atoms with Crippen LogP contribution in [0.2, 0.25) is 0 Å². The number of nitrogens with zero attached hydrogens (tertiary/aromatic N) is 3. The first kappa shape index (κ1) is 15.2. The number of aryl methyl sites for hydroxylation is 1. The van der Waals surface area contributed by atoms with Crippen molar-refractivity contribution in [2.45, 2.75) is 30.2 Å². The van der Waals surface area contributed by atoms with Crippen LogP contribution in [-0.4, -0.2) is 21.9 Å². The summed E-state index contributed by atoms with van der Waals surface area (Å²) in [4.78, 5) is 20.2. The van der Waals surface area contributed by atoms with Crippen molar-refractivity contribution in [3.63, 3.8) is 0 Å². The Balaban J connectivity index is 2.47. The second-order valence-corrected chi connectivity index (χ2v) is 5.38. The summed E-state index contributed by atoms with van der Waals surface area (Å²) in [6.45, 7) is 3.88. The lowest BCUT2D eigenvalue weighted by Crippen LogP contribution is -2.04. The topological polar surface area (TPSA) is 81.0 Å². The van der Waals surface area contributed by atoms with Gasteiger partial charge in [-0.3, -0.25) is 10.1 Å². The second kappa shape index (κ2) is 6.53. The van der Waals surface area contributed by atoms with E-state index in [4.69, 9.17) is 0 Å². The van der Waals surface area contributed by atoms with Crippen molar-refractivity contribution in [1.29, 1.82) is 0 Å². The lowest BCUT2D eigenvalue weighted by atomic mass is 10.3. The van der Waals surface area contributed by atoms with Gasteiger partial charge in [0, 0.05) is 25.1 Å². The van der Waals surface area contributed by atoms with E-state index in [-0.39, 0.29) is 10.6 Å². The molecular weight excluding hydrogens is 288 g/mol. The number of benzene rings is 1. The van der Waals surface area contributed by atoms with Gasteiger partial charge < -0.3 is 5.32 Å². The summed E-state index contributed by atoms with van der Waals surface area (Å²) in [7, 11) is 1.80. The minimum absolute atomic E-state index is 0.0876. The van der Waals surface area contributed by atoms with Crippen LogP contribution in [0.1, 0.15) is 18.3 Å². The summed E-state index contributed by atoms with van der Waals surface area (Å²) in [6.07, 6.45) is 0.708. The van der Waals surface area contributed by atoms with Gasteiger partial charge in [0.25, 0.3) is 5.69 Å². The predicted octanol–water partition coefficient (Wildman–Crippen LogP) is 3.45. The molecule has 0 radical (unpaired) electrons. The molecule has 0 bridgehead atoms. The fourth-order valence-electron chi connectivity index (χ4n) is 1.84. The first-order chi connectivity index (χ1) is 10.1. The molecule has 0 saturated carbocycles. The van der Waals surface area contributed by atoms with Gasteiger partial charge in [0.15, 0.2) is 0 Å². The number of rotatable bonds is 5. The lowest BCUT2D eigenvalue weighted by Gasteiger charge is -2.11. The van der Waals surface area contributed by atoms with Crippen LogP contribution in [0.15, 0.2) is 34.2 Å². The average molecular weight is 304 g/mol. The molecule has 6 nitrogen and oxygen atoms in total. The third-order valence-corrected chi connectivity index (χ3v) is 4.13. The van der Waals surface area contributed by atoms with E-state index >= 15 is 0 Å². The molecule has 21 heavy (non-hydrogen) atoms. The van der Waals surface area contributed by atoms with E-state index in [1.54, 1.807) is 25.2 Å². The third-order valence-electron chi connectivity index (χ3n) is 2.97. The minimum Gasteiger partial charge on any atom is -0.373 e. The first-order valence-corrected chi connectivity index (χ1v) is 7.35. The van der Waals surface area contributed by atoms with Gasteiger partial charge in [0.1, 0.15) is 16.7 Å². The van der Waals surface area contributed by atoms with Gasteiger partial charge in [-0.15, -0.1) is 0 Å². The fraction of sp³-hybridized carbons (Fsp3) is 0.286. The Hall–Kier alpha value is -2.15. The molecule has 0 amide bonds. The zero-order valence-corrected chi connectivity index (χ0v) is 12.9. The van der Waals surface area contributed by atoms with Gasteiger partial charge in [0.05, 0.1) is 9.82 Å². The number of aromatic nitrogens is 2. The molecule has 1 aromatic carbocycles. The van der Waals surface area contributed by atoms with Crippen LogP contribution in [-0.2, 0) is 6.42 Å². The Morgan fingerprint density at radius 2 is 2.05 bits per heavy atom. The van der Waals surface area contributed by atoms with Crippen LogP contribution in [0, 0.1) is 17.0 Å². The molecule has 0 fully saturated rings. The molecule has 0 atom stereocenters. The summed E-state index contributed by atoms with van der Waals surface area (Å²) >= 11 is 1.30. The van der Waals surface area contributed by atoms with Crippen LogP contribution in [0.25, 0.3) is 0 Å². The van der Waals surface area contributed by atoms with Crippen LogP contribution >= 0.6 is 11.8 Å². The maximum absolute atomic E-state index is 11.1. The molecule has 0 saturated heterocycles. The highest BCUT2D eigenvalue weighted by molar-refractivity contribution is 7.99. The van der Waals surface area contributed by atoms with E-state index in [2.05, 4.69) is 15.3 Å². The van der Waals surface area contributed by atoms with Crippen molar-refractivity contribution in [2.75, 3.05) is 12.4 Å². The van der Waals surface area contributed by atoms with Crippen LogP contribution in [0.5, 0.6) is 0 Å². The van der Waals surface area contributed by atoms with Crippen molar-refractivity contribution < 1.29 is 4.92 Å². The monoisotopic (exact) mass is 304 g/mol. The number of nitro benzene ring substituents is 1. The Kier molecular flexibility index (Phi) is 4.74. The summed E-state index contributed by atoms with van der Waals surface area (Å²) < 4.78 is 0. The lowest BCUT2D eigenvalue weighted by molar-refractivity contribution is -0.387. The second-order valence-electron chi connectivity index (χ2n) is 4.35. The molecule has 2 rings (SSSR count). The zero-order chi connectivity index (χ0) is 15.4. The SMILES string of the molecule is CCc1nc(NC)c(C)c(Sc2ccccc2[N+](=O)[O-])n1. The average Bonchev–Trinajstić information content (AvgIpc) is 2.49. The maximum atomic E-state index is 11.1. The number of hydrogen-bond donors (Lipinski definition) is 1. The van der Waals surface area contributed by atoms with Crippen LogP contribution < -0.4 is 5.32 Å². The Bertz CT molecular complexity index is 676. The molecule has 1 N–H and O–H groups in total. The van der Waals surface area contributed by atoms with Gasteiger partial charge in [-0.2, -0.15) is 0 Å². The molecule has 0 aliphatic heterocycles. The Morgan fingerprint density at radius 3 is 2.67 bits per heavy atom. The number of hydrogen-bond acceptors (Lipinski definition) is 6. The minimum atomic E-state index is -0.376. The fourth-order valence-corrected chi connectivity index (χ4v) is 2.84. The van der Waals surface area contributed by atoms with Crippen molar-refractivity contribution in [3.05, 3.63) is 45.8 Å². The van der Waals surface area contributed by atoms with E-state index in [1.807, 2.05) is 13.8 Å². The van der Waals surface area contributed by atoms with Gasteiger partial charge in [-0.05, 0) is 13.0 Å². The Labute approximate surface area is 127 Å². The highest BCUT2D eigenvalue weighted by Gasteiger charge is 2.17. The molecule has 2 aromatic rings. The van der Waals surface area contributed by atoms with Gasteiger partial charge >= 0.3 is 0 Å². The summed E-state index contributed by atoms with van der Waals surface area (Å²) in [6, 6.07) is 6.67. The molecule has 0 aliphatic rings. The molecule has 1 heterocycles. The van der Waals surface area contributed by atoms with Crippen LogP contribution in [0.4, 0.5) is 11.5 Å². The number of para-hydroxylation sites is 1. The summed E-state index contributed by atoms with van der Waals surface area (Å²) in [5.74, 6) is 1.47. The number of nitrogens with one attached hydrogen (secondary N) is 1. The maximum Gasteiger partial charge on any atom is 0.283 e. The highest BCUT2D eigenvalue weighted by atomic mass is 32.2. The highest BCUT2D eigenvalue weighted by Crippen LogP contribution is 2.36. The number of nitro groups is 1. The normalized spacial score (nSPS) is 10.4. The number of anilines is 1. The molecule has 0 spiro atoms. The van der Waals surface area contributed by atoms with E-state index in [1.165, 1.54) is 17.8 Å². The summed E-state index contributed by atoms with van der Waals surface area (Å²) in [5, 5.41) is 14.9. The molecule has 0 aliphatic carbocycles. The molecule has 7 heteroatoms. The van der Waals surface area contributed by atoms with Crippen molar-refractivity contribution in [3.8, 4) is 0 Å². The van der Waals surface area contributed by atoms with Crippen molar-refractivity contribution in [1.82, 2.24) is 9.97 Å². The van der Waals surface area contributed by atoms with E-state index < -0.39 is 0 Å². The smallest absolute Gasteiger partial charge is 0.283 e. The molecule has 110 valence electrons. The quantitative estimate of drug-likeness (QED) is 0.517. The van der Waals surface area contributed by atoms with Gasteiger partial charge in [-0.25, -0.2) is 9.97 Å². The van der Waals surface area contributed by atoms with E-state index in [0.717, 1.165) is 16.4 Å². The van der Waals surface area contributed by atoms with Gasteiger partial charge in [0.2, 0.25) is 0 Å². The van der Waals surface area contributed by atoms with Gasteiger partial charge in [-0.1, -0.05) is 30.8 Å². The molecular formula is C14H16N4O2S. The largest absolute Gasteiger partial charge is 0.373 e. The standard InChI is InChI=1S/C14H16N4O2S/c1-4-12-16-13(15-3)9(2)14(17-12)21-11-8-6-5-7-10(11)18(19)20/h5-8H,4H2,1-3H3,(H,15,16,17). The Morgan fingerprint density at radius 1 is 1.33 bits per heavy atom. The van der Waals surface area contributed by atoms with Crippen LogP contribution in [0.3, 0.4) is 0 Å². The molecule has 1 aromatic heterocycles. The first-order valence-electron chi connectivity index (χ1n) is 6.53.